The van der Waals surface area contributed by atoms with Gasteiger partial charge in [0, 0.05) is 42.5 Å². The summed E-state index contributed by atoms with van der Waals surface area (Å²) in [5, 5.41) is 1.54. The van der Waals surface area contributed by atoms with Crippen molar-refractivity contribution < 1.29 is 31.8 Å². The Balaban J connectivity index is 1.45. The van der Waals surface area contributed by atoms with Gasteiger partial charge in [-0.2, -0.15) is 13.2 Å². The van der Waals surface area contributed by atoms with E-state index in [2.05, 4.69) is 9.88 Å². The van der Waals surface area contributed by atoms with Gasteiger partial charge < -0.3 is 14.0 Å². The number of fused-ring (bicyclic) bond motifs is 3. The van der Waals surface area contributed by atoms with Crippen molar-refractivity contribution in [3.63, 3.8) is 0 Å². The fourth-order valence-corrected chi connectivity index (χ4v) is 4.72. The number of aromatic nitrogens is 2. The number of esters is 1. The van der Waals surface area contributed by atoms with Gasteiger partial charge in [0.05, 0.1) is 30.5 Å². The second-order valence-corrected chi connectivity index (χ2v) is 9.05. The molecule has 1 aliphatic rings. The van der Waals surface area contributed by atoms with Crippen LogP contribution in [0, 0.1) is 12.7 Å². The zero-order chi connectivity index (χ0) is 26.2. The molecule has 0 saturated carbocycles. The molecule has 0 amide bonds. The molecule has 1 aliphatic heterocycles. The van der Waals surface area contributed by atoms with Crippen LogP contribution in [0.2, 0.25) is 0 Å². The van der Waals surface area contributed by atoms with Gasteiger partial charge in [0.1, 0.15) is 18.1 Å². The van der Waals surface area contributed by atoms with Crippen LogP contribution in [0.3, 0.4) is 0 Å². The quantitative estimate of drug-likeness (QED) is 0.261. The van der Waals surface area contributed by atoms with Crippen molar-refractivity contribution in [2.24, 2.45) is 0 Å². The number of alkyl halides is 3. The minimum atomic E-state index is -4.80. The Bertz CT molecular complexity index is 1460. The van der Waals surface area contributed by atoms with E-state index in [4.69, 9.17) is 9.47 Å². The first-order valence-electron chi connectivity index (χ1n) is 11.9. The summed E-state index contributed by atoms with van der Waals surface area (Å²) in [6.45, 7) is 5.12. The van der Waals surface area contributed by atoms with Crippen molar-refractivity contribution >= 4 is 27.8 Å². The van der Waals surface area contributed by atoms with E-state index in [9.17, 15) is 22.4 Å². The molecule has 0 spiro atoms. The van der Waals surface area contributed by atoms with Crippen molar-refractivity contribution in [1.29, 1.82) is 0 Å². The number of para-hydroxylation sites is 1. The summed E-state index contributed by atoms with van der Waals surface area (Å²) >= 11 is 0. The van der Waals surface area contributed by atoms with Gasteiger partial charge in [-0.3, -0.25) is 4.90 Å². The molecule has 3 heterocycles. The lowest BCUT2D eigenvalue weighted by Gasteiger charge is -2.26. The van der Waals surface area contributed by atoms with Crippen molar-refractivity contribution in [1.82, 2.24) is 14.5 Å². The summed E-state index contributed by atoms with van der Waals surface area (Å²) in [4.78, 5) is 19.1. The molecule has 10 heteroatoms. The zero-order valence-electron chi connectivity index (χ0n) is 20.1. The molecule has 6 nitrogen and oxygen atoms in total. The summed E-state index contributed by atoms with van der Waals surface area (Å²) in [7, 11) is 0. The first kappa shape index (κ1) is 25.2. The summed E-state index contributed by atoms with van der Waals surface area (Å²) in [6, 6.07) is 11.3. The van der Waals surface area contributed by atoms with Crippen LogP contribution in [0.4, 0.5) is 17.6 Å². The Kier molecular flexibility index (Phi) is 6.87. The molecule has 194 valence electrons. The maximum absolute atomic E-state index is 14.2. The van der Waals surface area contributed by atoms with Crippen molar-refractivity contribution in [2.45, 2.75) is 19.6 Å². The Morgan fingerprint density at radius 2 is 1.84 bits per heavy atom. The third-order valence-electron chi connectivity index (χ3n) is 6.57. The maximum atomic E-state index is 14.2. The monoisotopic (exact) mass is 515 g/mol. The Hall–Kier alpha value is -3.50. The summed E-state index contributed by atoms with van der Waals surface area (Å²) < 4.78 is 66.9. The molecule has 0 radical (unpaired) electrons. The highest BCUT2D eigenvalue weighted by Crippen LogP contribution is 2.35. The SMILES string of the molecule is Cc1cc(Cn2c3ccccc3c3cc(C(=O)OCCN4CCOCC4)ncc32)cc(C(F)(F)F)c1F. The molecule has 0 unspecified atom stereocenters. The van der Waals surface area contributed by atoms with E-state index in [0.717, 1.165) is 35.4 Å². The molecule has 2 aromatic heterocycles. The van der Waals surface area contributed by atoms with Crippen LogP contribution in [-0.4, -0.2) is 59.9 Å². The third kappa shape index (κ3) is 5.17. The van der Waals surface area contributed by atoms with Crippen LogP contribution < -0.4 is 0 Å². The van der Waals surface area contributed by atoms with Crippen LogP contribution in [0.5, 0.6) is 0 Å². The smallest absolute Gasteiger partial charge is 0.419 e. The highest BCUT2D eigenvalue weighted by molar-refractivity contribution is 6.09. The van der Waals surface area contributed by atoms with Crippen LogP contribution in [0.15, 0.2) is 48.7 Å². The molecule has 0 aliphatic carbocycles. The minimum absolute atomic E-state index is 0.0687. The van der Waals surface area contributed by atoms with Gasteiger partial charge in [-0.1, -0.05) is 24.3 Å². The topological polar surface area (TPSA) is 56.6 Å². The number of hydrogen-bond acceptors (Lipinski definition) is 5. The number of aryl methyl sites for hydroxylation is 1. The fourth-order valence-electron chi connectivity index (χ4n) is 4.72. The fraction of sp³-hybridized carbons (Fsp3) is 0.333. The number of morpholine rings is 1. The van der Waals surface area contributed by atoms with Gasteiger partial charge in [0.25, 0.3) is 0 Å². The van der Waals surface area contributed by atoms with E-state index < -0.39 is 23.5 Å². The second kappa shape index (κ2) is 10.1. The lowest BCUT2D eigenvalue weighted by molar-refractivity contribution is -0.140. The van der Waals surface area contributed by atoms with E-state index in [0.29, 0.717) is 30.8 Å². The van der Waals surface area contributed by atoms with Gasteiger partial charge in [-0.25, -0.2) is 14.2 Å². The van der Waals surface area contributed by atoms with Gasteiger partial charge in [-0.15, -0.1) is 0 Å². The van der Waals surface area contributed by atoms with E-state index in [-0.39, 0.29) is 24.4 Å². The number of rotatable bonds is 6. The molecular formula is C27H25F4N3O3. The Labute approximate surface area is 210 Å². The average Bonchev–Trinajstić information content (AvgIpc) is 3.19. The maximum Gasteiger partial charge on any atom is 0.419 e. The predicted octanol–water partition coefficient (Wildman–Crippen LogP) is 5.19. The number of benzene rings is 2. The second-order valence-electron chi connectivity index (χ2n) is 9.05. The van der Waals surface area contributed by atoms with Gasteiger partial charge in [-0.05, 0) is 36.2 Å². The third-order valence-corrected chi connectivity index (χ3v) is 6.57. The lowest BCUT2D eigenvalue weighted by Crippen LogP contribution is -2.38. The molecule has 5 rings (SSSR count). The van der Waals surface area contributed by atoms with Crippen LogP contribution in [0.25, 0.3) is 21.8 Å². The largest absolute Gasteiger partial charge is 0.460 e. The zero-order valence-corrected chi connectivity index (χ0v) is 20.1. The first-order valence-corrected chi connectivity index (χ1v) is 11.9. The van der Waals surface area contributed by atoms with Gasteiger partial charge in [0.2, 0.25) is 0 Å². The van der Waals surface area contributed by atoms with Crippen LogP contribution >= 0.6 is 0 Å². The highest BCUT2D eigenvalue weighted by Gasteiger charge is 2.35. The molecule has 1 saturated heterocycles. The number of halogens is 4. The average molecular weight is 516 g/mol. The normalized spacial score (nSPS) is 14.9. The van der Waals surface area contributed by atoms with Crippen molar-refractivity contribution in [3.05, 3.63) is 76.9 Å². The Morgan fingerprint density at radius 3 is 2.59 bits per heavy atom. The molecule has 0 bridgehead atoms. The molecule has 0 atom stereocenters. The number of carbonyl (C=O) groups is 1. The van der Waals surface area contributed by atoms with Gasteiger partial charge in [0.15, 0.2) is 0 Å². The Morgan fingerprint density at radius 1 is 1.08 bits per heavy atom. The number of ether oxygens (including phenoxy) is 2. The minimum Gasteiger partial charge on any atom is -0.460 e. The van der Waals surface area contributed by atoms with Crippen molar-refractivity contribution in [3.8, 4) is 0 Å². The molecule has 37 heavy (non-hydrogen) atoms. The number of hydrogen-bond donors (Lipinski definition) is 0. The van der Waals surface area contributed by atoms with E-state index in [1.165, 1.54) is 19.2 Å². The van der Waals surface area contributed by atoms with E-state index in [1.54, 1.807) is 6.07 Å². The predicted molar refractivity (Wildman–Crippen MR) is 130 cm³/mol. The first-order chi connectivity index (χ1) is 17.7. The summed E-state index contributed by atoms with van der Waals surface area (Å²) in [5.74, 6) is -1.81. The number of pyridine rings is 1. The molecule has 4 aromatic rings. The lowest BCUT2D eigenvalue weighted by atomic mass is 10.0. The van der Waals surface area contributed by atoms with Crippen LogP contribution in [0.1, 0.15) is 27.2 Å². The molecule has 2 aromatic carbocycles. The van der Waals surface area contributed by atoms with E-state index in [1.807, 2.05) is 28.8 Å². The molecule has 0 N–H and O–H groups in total. The molecule has 1 fully saturated rings. The van der Waals surface area contributed by atoms with Gasteiger partial charge >= 0.3 is 12.1 Å². The standard InChI is InChI=1S/C27H25F4N3O3/c1-17-12-18(13-21(25(17)28)27(29,30)31)16-34-23-5-3-2-4-19(23)20-14-22(32-15-24(20)34)26(35)37-11-8-33-6-9-36-10-7-33/h2-5,12-15H,6-11,16H2,1H3. The summed E-state index contributed by atoms with van der Waals surface area (Å²) in [5.41, 5.74) is 0.485. The van der Waals surface area contributed by atoms with Crippen LogP contribution in [-0.2, 0) is 22.2 Å². The number of nitrogens with zero attached hydrogens (tertiary/aromatic N) is 3. The number of carbonyl (C=O) groups excluding carboxylic acids is 1. The highest BCUT2D eigenvalue weighted by atomic mass is 19.4. The van der Waals surface area contributed by atoms with Crippen molar-refractivity contribution in [2.75, 3.05) is 39.5 Å². The van der Waals surface area contributed by atoms with E-state index >= 15 is 0 Å². The summed E-state index contributed by atoms with van der Waals surface area (Å²) in [6.07, 6.45) is -3.28. The molecular weight excluding hydrogens is 490 g/mol.